The molecule has 154 valence electrons. The highest BCUT2D eigenvalue weighted by Gasteiger charge is 2.34. The van der Waals surface area contributed by atoms with Gasteiger partial charge in [0.25, 0.3) is 0 Å². The third kappa shape index (κ3) is 4.60. The summed E-state index contributed by atoms with van der Waals surface area (Å²) in [6.07, 6.45) is 8.04. The number of carboxylic acids is 1. The van der Waals surface area contributed by atoms with Crippen LogP contribution in [0.15, 0.2) is 29.9 Å². The minimum absolute atomic E-state index is 0.000980. The second-order valence-electron chi connectivity index (χ2n) is 7.85. The van der Waals surface area contributed by atoms with E-state index in [1.54, 1.807) is 14.2 Å². The van der Waals surface area contributed by atoms with Crippen molar-refractivity contribution in [2.24, 2.45) is 5.92 Å². The van der Waals surface area contributed by atoms with Crippen LogP contribution in [0.1, 0.15) is 80.3 Å². The summed E-state index contributed by atoms with van der Waals surface area (Å²) in [5.74, 6) is 0.421. The Morgan fingerprint density at radius 1 is 1.29 bits per heavy atom. The molecule has 28 heavy (non-hydrogen) atoms. The van der Waals surface area contributed by atoms with Crippen molar-refractivity contribution in [1.82, 2.24) is 0 Å². The number of aryl methyl sites for hydroxylation is 1. The van der Waals surface area contributed by atoms with E-state index in [1.807, 2.05) is 13.0 Å². The van der Waals surface area contributed by atoms with E-state index in [1.165, 1.54) is 5.57 Å². The molecule has 0 saturated heterocycles. The van der Waals surface area contributed by atoms with E-state index in [-0.39, 0.29) is 17.4 Å². The van der Waals surface area contributed by atoms with Gasteiger partial charge in [0.1, 0.15) is 17.1 Å². The molecule has 2 atom stereocenters. The largest absolute Gasteiger partial charge is 0.496 e. The topological polar surface area (TPSA) is 55.8 Å². The molecule has 1 aromatic rings. The molecular formula is C24H34O4. The number of methoxy groups -OCH3 is 2. The molecule has 2 rings (SSSR count). The van der Waals surface area contributed by atoms with E-state index in [0.29, 0.717) is 17.9 Å². The lowest BCUT2D eigenvalue weighted by Crippen LogP contribution is -2.20. The monoisotopic (exact) mass is 386 g/mol. The predicted octanol–water partition coefficient (Wildman–Crippen LogP) is 6.15. The Bertz CT molecular complexity index is 760. The van der Waals surface area contributed by atoms with Gasteiger partial charge in [-0.15, -0.1) is 0 Å². The maximum Gasteiger partial charge on any atom is 0.339 e. The van der Waals surface area contributed by atoms with Crippen LogP contribution >= 0.6 is 0 Å². The number of allylic oxidation sites excluding steroid dienone is 3. The van der Waals surface area contributed by atoms with Gasteiger partial charge in [0.15, 0.2) is 0 Å². The van der Waals surface area contributed by atoms with Gasteiger partial charge in [0.05, 0.1) is 14.2 Å². The average Bonchev–Trinajstić information content (AvgIpc) is 2.66. The molecule has 1 N–H and O–H groups in total. The third-order valence-corrected chi connectivity index (χ3v) is 5.76. The molecule has 0 saturated carbocycles. The van der Waals surface area contributed by atoms with Gasteiger partial charge in [-0.2, -0.15) is 0 Å². The number of hydrogen-bond donors (Lipinski definition) is 1. The first-order valence-corrected chi connectivity index (χ1v) is 10.2. The number of ether oxygens (including phenoxy) is 2. The number of unbranched alkanes of at least 4 members (excludes halogenated alkanes) is 2. The Kier molecular flexibility index (Phi) is 7.73. The first-order valence-electron chi connectivity index (χ1n) is 10.2. The molecule has 0 aromatic heterocycles. The summed E-state index contributed by atoms with van der Waals surface area (Å²) >= 11 is 0. The maximum absolute atomic E-state index is 12.2. The first-order chi connectivity index (χ1) is 13.3. The molecular weight excluding hydrogens is 352 g/mol. The summed E-state index contributed by atoms with van der Waals surface area (Å²) < 4.78 is 11.5. The molecule has 0 heterocycles. The quantitative estimate of drug-likeness (QED) is 0.408. The van der Waals surface area contributed by atoms with Gasteiger partial charge in [-0.1, -0.05) is 43.6 Å². The second-order valence-corrected chi connectivity index (χ2v) is 7.85. The van der Waals surface area contributed by atoms with E-state index in [0.717, 1.165) is 48.8 Å². The van der Waals surface area contributed by atoms with E-state index in [4.69, 9.17) is 9.47 Å². The standard InChI is InChI=1S/C24H34O4/c1-7-8-9-10-17-14-20(27-5)22(23(28-6)21(17)24(25)26)19-13-16(4)11-12-18(19)15(2)3/h13-14,18-19H,2,7-12H2,1,3-6H3,(H,25,26). The SMILES string of the molecule is C=C(C)C1CCC(C)=CC1c1c(OC)cc(CCCCC)c(C(=O)O)c1OC. The molecule has 0 amide bonds. The van der Waals surface area contributed by atoms with Crippen LogP contribution < -0.4 is 9.47 Å². The highest BCUT2D eigenvalue weighted by atomic mass is 16.5. The average molecular weight is 387 g/mol. The number of aromatic carboxylic acids is 1. The fraction of sp³-hybridized carbons (Fsp3) is 0.542. The summed E-state index contributed by atoms with van der Waals surface area (Å²) in [6.45, 7) is 10.5. The Hall–Kier alpha value is -2.23. The molecule has 0 fully saturated rings. The highest BCUT2D eigenvalue weighted by molar-refractivity contribution is 5.94. The van der Waals surface area contributed by atoms with Gasteiger partial charge in [0, 0.05) is 11.5 Å². The predicted molar refractivity (Wildman–Crippen MR) is 114 cm³/mol. The van der Waals surface area contributed by atoms with Crippen LogP contribution in [0.2, 0.25) is 0 Å². The number of rotatable bonds is 9. The Labute approximate surface area is 169 Å². The summed E-state index contributed by atoms with van der Waals surface area (Å²) in [5, 5.41) is 9.99. The van der Waals surface area contributed by atoms with Crippen molar-refractivity contribution in [1.29, 1.82) is 0 Å². The lowest BCUT2D eigenvalue weighted by molar-refractivity contribution is 0.0691. The van der Waals surface area contributed by atoms with Gasteiger partial charge in [-0.05, 0) is 57.1 Å². The van der Waals surface area contributed by atoms with E-state index < -0.39 is 5.97 Å². The van der Waals surface area contributed by atoms with Crippen LogP contribution in [0.25, 0.3) is 0 Å². The van der Waals surface area contributed by atoms with Crippen molar-refractivity contribution < 1.29 is 19.4 Å². The van der Waals surface area contributed by atoms with Gasteiger partial charge in [0.2, 0.25) is 0 Å². The molecule has 0 bridgehead atoms. The fourth-order valence-electron chi connectivity index (χ4n) is 4.30. The molecule has 1 aromatic carbocycles. The Balaban J connectivity index is 2.71. The molecule has 1 aliphatic carbocycles. The zero-order chi connectivity index (χ0) is 20.8. The summed E-state index contributed by atoms with van der Waals surface area (Å²) in [4.78, 5) is 12.2. The normalized spacial score (nSPS) is 19.1. The maximum atomic E-state index is 12.2. The smallest absolute Gasteiger partial charge is 0.339 e. The minimum atomic E-state index is -0.948. The van der Waals surface area contributed by atoms with Crippen LogP contribution in [-0.2, 0) is 6.42 Å². The fourth-order valence-corrected chi connectivity index (χ4v) is 4.30. The molecule has 2 unspecified atom stereocenters. The van der Waals surface area contributed by atoms with Gasteiger partial charge in [-0.3, -0.25) is 0 Å². The Morgan fingerprint density at radius 3 is 2.54 bits per heavy atom. The molecule has 0 radical (unpaired) electrons. The zero-order valence-electron chi connectivity index (χ0n) is 17.9. The van der Waals surface area contributed by atoms with Crippen LogP contribution in [0.3, 0.4) is 0 Å². The molecule has 0 spiro atoms. The highest BCUT2D eigenvalue weighted by Crippen LogP contribution is 2.48. The van der Waals surface area contributed by atoms with Crippen molar-refractivity contribution >= 4 is 5.97 Å². The van der Waals surface area contributed by atoms with Crippen molar-refractivity contribution in [2.45, 2.75) is 65.2 Å². The Morgan fingerprint density at radius 2 is 2.00 bits per heavy atom. The van der Waals surface area contributed by atoms with Crippen molar-refractivity contribution in [3.05, 3.63) is 46.6 Å². The van der Waals surface area contributed by atoms with E-state index in [2.05, 4.69) is 26.5 Å². The number of carbonyl (C=O) groups is 1. The van der Waals surface area contributed by atoms with Gasteiger partial charge >= 0.3 is 5.97 Å². The van der Waals surface area contributed by atoms with Crippen molar-refractivity contribution in [3.63, 3.8) is 0 Å². The second kappa shape index (κ2) is 9.81. The first kappa shape index (κ1) is 22.1. The third-order valence-electron chi connectivity index (χ3n) is 5.76. The van der Waals surface area contributed by atoms with E-state index in [9.17, 15) is 9.90 Å². The van der Waals surface area contributed by atoms with Crippen LogP contribution in [-0.4, -0.2) is 25.3 Å². The molecule has 1 aliphatic rings. The minimum Gasteiger partial charge on any atom is -0.496 e. The summed E-state index contributed by atoms with van der Waals surface area (Å²) in [7, 11) is 3.19. The van der Waals surface area contributed by atoms with Gasteiger partial charge in [-0.25, -0.2) is 4.79 Å². The number of carboxylic acid groups (broad SMARTS) is 1. The van der Waals surface area contributed by atoms with E-state index >= 15 is 0 Å². The molecule has 4 heteroatoms. The molecule has 4 nitrogen and oxygen atoms in total. The lowest BCUT2D eigenvalue weighted by atomic mass is 9.73. The molecule has 0 aliphatic heterocycles. The summed E-state index contributed by atoms with van der Waals surface area (Å²) in [6, 6.07) is 1.91. The van der Waals surface area contributed by atoms with Crippen molar-refractivity contribution in [2.75, 3.05) is 14.2 Å². The zero-order valence-corrected chi connectivity index (χ0v) is 17.9. The van der Waals surface area contributed by atoms with Gasteiger partial charge < -0.3 is 14.6 Å². The van der Waals surface area contributed by atoms with Crippen LogP contribution in [0.4, 0.5) is 0 Å². The van der Waals surface area contributed by atoms with Crippen LogP contribution in [0.5, 0.6) is 11.5 Å². The number of hydrogen-bond acceptors (Lipinski definition) is 3. The van der Waals surface area contributed by atoms with Crippen LogP contribution in [0, 0.1) is 5.92 Å². The van der Waals surface area contributed by atoms with Crippen molar-refractivity contribution in [3.8, 4) is 11.5 Å². The number of benzene rings is 1. The lowest BCUT2D eigenvalue weighted by Gasteiger charge is -2.33. The summed E-state index contributed by atoms with van der Waals surface area (Å²) in [5.41, 5.74) is 4.28.